The zero-order valence-corrected chi connectivity index (χ0v) is 14.8. The second kappa shape index (κ2) is 8.28. The van der Waals surface area contributed by atoms with Crippen molar-refractivity contribution in [2.75, 3.05) is 11.9 Å². The molecule has 1 saturated carbocycles. The topological polar surface area (TPSA) is 92.7 Å². The van der Waals surface area contributed by atoms with Gasteiger partial charge >= 0.3 is 11.9 Å². The monoisotopic (exact) mass is 353 g/mol. The number of esters is 1. The lowest BCUT2D eigenvalue weighted by molar-refractivity contribution is -0.147. The van der Waals surface area contributed by atoms with Crippen molar-refractivity contribution in [2.24, 2.45) is 11.8 Å². The van der Waals surface area contributed by atoms with Crippen molar-refractivity contribution in [3.8, 4) is 0 Å². The number of amides is 1. The van der Waals surface area contributed by atoms with Gasteiger partial charge in [0.1, 0.15) is 5.00 Å². The summed E-state index contributed by atoms with van der Waals surface area (Å²) in [5.74, 6) is -2.94. The number of aliphatic carboxylic acids is 1. The van der Waals surface area contributed by atoms with Crippen LogP contribution in [0.1, 0.15) is 54.8 Å². The molecule has 0 aliphatic heterocycles. The quantitative estimate of drug-likeness (QED) is 0.765. The summed E-state index contributed by atoms with van der Waals surface area (Å²) in [5, 5.41) is 12.6. The van der Waals surface area contributed by atoms with Crippen LogP contribution in [0.15, 0.2) is 6.07 Å². The molecule has 1 aromatic heterocycles. The fourth-order valence-corrected chi connectivity index (χ4v) is 4.00. The van der Waals surface area contributed by atoms with E-state index in [1.54, 1.807) is 13.0 Å². The Morgan fingerprint density at radius 1 is 1.25 bits per heavy atom. The Labute approximate surface area is 145 Å². The molecule has 1 aromatic rings. The number of aryl methyl sites for hydroxylation is 1. The van der Waals surface area contributed by atoms with Gasteiger partial charge in [0.25, 0.3) is 0 Å². The molecule has 2 N–H and O–H groups in total. The fraction of sp³-hybridized carbons (Fsp3) is 0.588. The molecule has 1 amide bonds. The number of carboxylic acid groups (broad SMARTS) is 1. The number of nitrogens with one attached hydrogen (secondary N) is 1. The summed E-state index contributed by atoms with van der Waals surface area (Å²) in [6.45, 7) is 3.95. The van der Waals surface area contributed by atoms with Crippen LogP contribution in [-0.4, -0.2) is 29.6 Å². The smallest absolute Gasteiger partial charge is 0.341 e. The third-order valence-corrected chi connectivity index (χ3v) is 5.48. The molecule has 1 heterocycles. The Hall–Kier alpha value is -1.89. The number of carboxylic acids is 1. The normalized spacial score (nSPS) is 20.4. The molecule has 1 fully saturated rings. The number of hydrogen-bond acceptors (Lipinski definition) is 5. The van der Waals surface area contributed by atoms with E-state index in [-0.39, 0.29) is 12.5 Å². The predicted octanol–water partition coefficient (Wildman–Crippen LogP) is 3.32. The third kappa shape index (κ3) is 4.14. The van der Waals surface area contributed by atoms with Crippen LogP contribution in [0, 0.1) is 11.8 Å². The van der Waals surface area contributed by atoms with Crippen LogP contribution in [0.3, 0.4) is 0 Å². The van der Waals surface area contributed by atoms with Crippen molar-refractivity contribution >= 4 is 34.2 Å². The van der Waals surface area contributed by atoms with Gasteiger partial charge in [-0.1, -0.05) is 19.8 Å². The minimum absolute atomic E-state index is 0.257. The van der Waals surface area contributed by atoms with Crippen LogP contribution >= 0.6 is 11.3 Å². The molecular formula is C17H23NO5S. The van der Waals surface area contributed by atoms with Crippen molar-refractivity contribution < 1.29 is 24.2 Å². The van der Waals surface area contributed by atoms with Gasteiger partial charge in [0.05, 0.1) is 24.0 Å². The Balaban J connectivity index is 2.19. The van der Waals surface area contributed by atoms with Gasteiger partial charge in [0, 0.05) is 4.88 Å². The number of hydrogen-bond donors (Lipinski definition) is 2. The summed E-state index contributed by atoms with van der Waals surface area (Å²) in [4.78, 5) is 37.0. The van der Waals surface area contributed by atoms with Crippen LogP contribution < -0.4 is 5.32 Å². The molecule has 7 heteroatoms. The maximum Gasteiger partial charge on any atom is 0.341 e. The lowest BCUT2D eigenvalue weighted by atomic mass is 9.79. The molecule has 0 unspecified atom stereocenters. The number of anilines is 1. The number of thiophene rings is 1. The maximum absolute atomic E-state index is 12.6. The number of carbonyl (C=O) groups is 3. The predicted molar refractivity (Wildman–Crippen MR) is 91.4 cm³/mol. The van der Waals surface area contributed by atoms with E-state index in [1.165, 1.54) is 11.3 Å². The van der Waals surface area contributed by atoms with E-state index in [0.717, 1.165) is 24.1 Å². The second-order valence-electron chi connectivity index (χ2n) is 5.85. The SMILES string of the molecule is CCOC(=O)c1cc(CC)sc1NC(=O)[C@@H]1CCCC[C@H]1C(=O)O. The highest BCUT2D eigenvalue weighted by Crippen LogP contribution is 2.34. The zero-order chi connectivity index (χ0) is 17.7. The highest BCUT2D eigenvalue weighted by Gasteiger charge is 2.36. The third-order valence-electron chi connectivity index (χ3n) is 4.28. The van der Waals surface area contributed by atoms with Gasteiger partial charge in [-0.15, -0.1) is 11.3 Å². The first-order valence-corrected chi connectivity index (χ1v) is 9.13. The average Bonchev–Trinajstić information content (AvgIpc) is 2.98. The molecule has 0 saturated heterocycles. The first kappa shape index (κ1) is 18.4. The largest absolute Gasteiger partial charge is 0.481 e. The van der Waals surface area contributed by atoms with E-state index in [4.69, 9.17) is 4.74 Å². The van der Waals surface area contributed by atoms with Gasteiger partial charge in [0.2, 0.25) is 5.91 Å². The van der Waals surface area contributed by atoms with Crippen LogP contribution in [-0.2, 0) is 20.7 Å². The summed E-state index contributed by atoms with van der Waals surface area (Å²) in [5.41, 5.74) is 0.342. The molecule has 6 nitrogen and oxygen atoms in total. The molecule has 24 heavy (non-hydrogen) atoms. The van der Waals surface area contributed by atoms with E-state index < -0.39 is 23.8 Å². The van der Waals surface area contributed by atoms with Crippen molar-refractivity contribution in [3.63, 3.8) is 0 Å². The van der Waals surface area contributed by atoms with Crippen LogP contribution in [0.25, 0.3) is 0 Å². The molecule has 1 aliphatic rings. The highest BCUT2D eigenvalue weighted by atomic mass is 32.1. The summed E-state index contributed by atoms with van der Waals surface area (Å²) in [7, 11) is 0. The van der Waals surface area contributed by atoms with Gasteiger partial charge in [-0.05, 0) is 32.3 Å². The maximum atomic E-state index is 12.6. The lowest BCUT2D eigenvalue weighted by Gasteiger charge is -2.27. The van der Waals surface area contributed by atoms with E-state index in [1.807, 2.05) is 6.92 Å². The van der Waals surface area contributed by atoms with Crippen molar-refractivity contribution in [3.05, 3.63) is 16.5 Å². The standard InChI is InChI=1S/C17H23NO5S/c1-3-10-9-13(17(22)23-4-2)15(24-10)18-14(19)11-7-5-6-8-12(11)16(20)21/h9,11-12H,3-8H2,1-2H3,(H,18,19)(H,20,21)/t11-,12-/m1/s1. The fourth-order valence-electron chi connectivity index (χ4n) is 3.01. The molecule has 2 atom stereocenters. The molecule has 2 rings (SSSR count). The van der Waals surface area contributed by atoms with E-state index in [0.29, 0.717) is 23.4 Å². The van der Waals surface area contributed by atoms with Crippen LogP contribution in [0.5, 0.6) is 0 Å². The van der Waals surface area contributed by atoms with Crippen LogP contribution in [0.4, 0.5) is 5.00 Å². The van der Waals surface area contributed by atoms with Gasteiger partial charge < -0.3 is 15.2 Å². The second-order valence-corrected chi connectivity index (χ2v) is 6.99. The number of ether oxygens (including phenoxy) is 1. The number of carbonyl (C=O) groups excluding carboxylic acids is 2. The Kier molecular flexibility index (Phi) is 6.36. The first-order chi connectivity index (χ1) is 11.5. The summed E-state index contributed by atoms with van der Waals surface area (Å²) >= 11 is 1.34. The molecule has 0 radical (unpaired) electrons. The minimum Gasteiger partial charge on any atom is -0.481 e. The lowest BCUT2D eigenvalue weighted by Crippen LogP contribution is -2.36. The molecule has 132 valence electrons. The van der Waals surface area contributed by atoms with Crippen LogP contribution in [0.2, 0.25) is 0 Å². The van der Waals surface area contributed by atoms with Gasteiger partial charge in [0.15, 0.2) is 0 Å². The Morgan fingerprint density at radius 3 is 2.50 bits per heavy atom. The molecular weight excluding hydrogens is 330 g/mol. The van der Waals surface area contributed by atoms with E-state index in [2.05, 4.69) is 5.32 Å². The average molecular weight is 353 g/mol. The first-order valence-electron chi connectivity index (χ1n) is 8.31. The Bertz CT molecular complexity index is 624. The van der Waals surface area contributed by atoms with E-state index >= 15 is 0 Å². The summed E-state index contributed by atoms with van der Waals surface area (Å²) in [6.07, 6.45) is 3.49. The van der Waals surface area contributed by atoms with Crippen molar-refractivity contribution in [1.82, 2.24) is 0 Å². The summed E-state index contributed by atoms with van der Waals surface area (Å²) < 4.78 is 5.04. The molecule has 0 bridgehead atoms. The van der Waals surface area contributed by atoms with E-state index in [9.17, 15) is 19.5 Å². The Morgan fingerprint density at radius 2 is 1.92 bits per heavy atom. The molecule has 0 aromatic carbocycles. The van der Waals surface area contributed by atoms with Gasteiger partial charge in [-0.25, -0.2) is 4.79 Å². The van der Waals surface area contributed by atoms with Gasteiger partial charge in [-0.2, -0.15) is 0 Å². The summed E-state index contributed by atoms with van der Waals surface area (Å²) in [6, 6.07) is 1.73. The van der Waals surface area contributed by atoms with Crippen molar-refractivity contribution in [2.45, 2.75) is 46.0 Å². The molecule has 0 spiro atoms. The minimum atomic E-state index is -0.930. The highest BCUT2D eigenvalue weighted by molar-refractivity contribution is 7.16. The zero-order valence-electron chi connectivity index (χ0n) is 14.0. The van der Waals surface area contributed by atoms with Crippen molar-refractivity contribution in [1.29, 1.82) is 0 Å². The van der Waals surface area contributed by atoms with Gasteiger partial charge in [-0.3, -0.25) is 9.59 Å². The molecule has 1 aliphatic carbocycles. The number of rotatable bonds is 6.